The number of ether oxygens (including phenoxy) is 1. The van der Waals surface area contributed by atoms with Crippen molar-refractivity contribution in [2.75, 3.05) is 26.7 Å². The van der Waals surface area contributed by atoms with Gasteiger partial charge in [0.25, 0.3) is 0 Å². The van der Waals surface area contributed by atoms with Crippen LogP contribution in [0, 0.1) is 5.92 Å². The highest BCUT2D eigenvalue weighted by atomic mass is 35.5. The summed E-state index contributed by atoms with van der Waals surface area (Å²) in [6.45, 7) is 2.63. The highest BCUT2D eigenvalue weighted by Crippen LogP contribution is 2.10. The van der Waals surface area contributed by atoms with Gasteiger partial charge in [-0.1, -0.05) is 19.3 Å². The Morgan fingerprint density at radius 3 is 2.57 bits per heavy atom. The lowest BCUT2D eigenvalue weighted by Crippen LogP contribution is -2.40. The summed E-state index contributed by atoms with van der Waals surface area (Å²) in [5, 5.41) is 6.27. The number of hydrogen-bond donors (Lipinski definition) is 2. The third kappa shape index (κ3) is 9.69. The smallest absolute Gasteiger partial charge is 0.305 e. The van der Waals surface area contributed by atoms with Crippen LogP contribution in [0.2, 0.25) is 0 Å². The average Bonchev–Trinajstić information content (AvgIpc) is 2.50. The SMILES string of the molecule is COC(=O)CCCCCCCNC(=O)C1CCCNC1.Cl. The van der Waals surface area contributed by atoms with Gasteiger partial charge in [-0.2, -0.15) is 0 Å². The Kier molecular flexibility index (Phi) is 12.4. The molecule has 5 nitrogen and oxygen atoms in total. The third-order valence-corrected chi connectivity index (χ3v) is 3.75. The Labute approximate surface area is 134 Å². The van der Waals surface area contributed by atoms with E-state index in [1.807, 2.05) is 0 Å². The Morgan fingerprint density at radius 1 is 1.19 bits per heavy atom. The number of amides is 1. The Hall–Kier alpha value is -0.810. The zero-order valence-electron chi connectivity index (χ0n) is 13.0. The number of rotatable bonds is 9. The van der Waals surface area contributed by atoms with Crippen LogP contribution >= 0.6 is 12.4 Å². The molecule has 1 unspecified atom stereocenters. The second-order valence-electron chi connectivity index (χ2n) is 5.43. The lowest BCUT2D eigenvalue weighted by molar-refractivity contribution is -0.140. The number of methoxy groups -OCH3 is 1. The fourth-order valence-corrected chi connectivity index (χ4v) is 2.46. The Balaban J connectivity index is 0.00000400. The number of carbonyl (C=O) groups is 2. The first kappa shape index (κ1) is 20.2. The maximum Gasteiger partial charge on any atom is 0.305 e. The van der Waals surface area contributed by atoms with Gasteiger partial charge in [-0.25, -0.2) is 0 Å². The fraction of sp³-hybridized carbons (Fsp3) is 0.867. The third-order valence-electron chi connectivity index (χ3n) is 3.75. The highest BCUT2D eigenvalue weighted by Gasteiger charge is 2.19. The Bertz CT molecular complexity index is 295. The molecule has 1 rings (SSSR count). The van der Waals surface area contributed by atoms with Crippen molar-refractivity contribution in [2.24, 2.45) is 5.92 Å². The number of piperidine rings is 1. The maximum absolute atomic E-state index is 11.8. The molecule has 0 aromatic carbocycles. The standard InChI is InChI=1S/C15H28N2O3.ClH/c1-20-14(18)9-5-3-2-4-6-11-17-15(19)13-8-7-10-16-12-13;/h13,16H,2-12H2,1H3,(H,17,19);1H. The van der Waals surface area contributed by atoms with Gasteiger partial charge in [0.15, 0.2) is 0 Å². The van der Waals surface area contributed by atoms with Gasteiger partial charge in [0.1, 0.15) is 0 Å². The van der Waals surface area contributed by atoms with E-state index in [1.54, 1.807) is 0 Å². The topological polar surface area (TPSA) is 67.4 Å². The normalized spacial score (nSPS) is 17.7. The number of halogens is 1. The van der Waals surface area contributed by atoms with Crippen LogP contribution in [-0.4, -0.2) is 38.6 Å². The molecule has 1 amide bonds. The molecule has 1 heterocycles. The molecule has 21 heavy (non-hydrogen) atoms. The summed E-state index contributed by atoms with van der Waals surface area (Å²) in [7, 11) is 1.42. The average molecular weight is 321 g/mol. The number of nitrogens with one attached hydrogen (secondary N) is 2. The van der Waals surface area contributed by atoms with Crippen LogP contribution < -0.4 is 10.6 Å². The minimum Gasteiger partial charge on any atom is -0.469 e. The minimum absolute atomic E-state index is 0. The molecule has 0 aromatic heterocycles. The number of hydrogen-bond acceptors (Lipinski definition) is 4. The lowest BCUT2D eigenvalue weighted by Gasteiger charge is -2.21. The van der Waals surface area contributed by atoms with Crippen molar-refractivity contribution in [3.05, 3.63) is 0 Å². The van der Waals surface area contributed by atoms with E-state index < -0.39 is 0 Å². The van der Waals surface area contributed by atoms with Gasteiger partial charge in [-0.15, -0.1) is 12.4 Å². The van der Waals surface area contributed by atoms with E-state index in [0.29, 0.717) is 6.42 Å². The summed E-state index contributed by atoms with van der Waals surface area (Å²) in [5.74, 6) is 0.227. The molecule has 0 spiro atoms. The summed E-state index contributed by atoms with van der Waals surface area (Å²) in [6, 6.07) is 0. The quantitative estimate of drug-likeness (QED) is 0.504. The zero-order chi connectivity index (χ0) is 14.6. The molecule has 124 valence electrons. The van der Waals surface area contributed by atoms with Gasteiger partial charge in [0.2, 0.25) is 5.91 Å². The summed E-state index contributed by atoms with van der Waals surface area (Å²) in [6.07, 6.45) is 7.79. The van der Waals surface area contributed by atoms with Crippen molar-refractivity contribution < 1.29 is 14.3 Å². The predicted octanol–water partition coefficient (Wildman–Crippen LogP) is 2.04. The monoisotopic (exact) mass is 320 g/mol. The van der Waals surface area contributed by atoms with Gasteiger partial charge in [0, 0.05) is 19.5 Å². The molecule has 1 aliphatic rings. The number of carbonyl (C=O) groups excluding carboxylic acids is 2. The molecule has 0 aromatic rings. The molecular weight excluding hydrogens is 292 g/mol. The van der Waals surface area contributed by atoms with Crippen molar-refractivity contribution in [2.45, 2.75) is 51.4 Å². The summed E-state index contributed by atoms with van der Waals surface area (Å²) in [4.78, 5) is 22.7. The summed E-state index contributed by atoms with van der Waals surface area (Å²) >= 11 is 0. The zero-order valence-corrected chi connectivity index (χ0v) is 13.8. The second-order valence-corrected chi connectivity index (χ2v) is 5.43. The summed E-state index contributed by atoms with van der Waals surface area (Å²) in [5.41, 5.74) is 0. The Morgan fingerprint density at radius 2 is 1.90 bits per heavy atom. The van der Waals surface area contributed by atoms with E-state index in [9.17, 15) is 9.59 Å². The maximum atomic E-state index is 11.8. The number of unbranched alkanes of at least 4 members (excludes halogenated alkanes) is 4. The van der Waals surface area contributed by atoms with Gasteiger partial charge < -0.3 is 15.4 Å². The first-order valence-corrected chi connectivity index (χ1v) is 7.79. The van der Waals surface area contributed by atoms with Crippen LogP contribution in [0.25, 0.3) is 0 Å². The van der Waals surface area contributed by atoms with E-state index >= 15 is 0 Å². The minimum atomic E-state index is -0.127. The van der Waals surface area contributed by atoms with Crippen molar-refractivity contribution in [3.8, 4) is 0 Å². The molecule has 0 aliphatic carbocycles. The van der Waals surface area contributed by atoms with Gasteiger partial charge in [-0.3, -0.25) is 9.59 Å². The second kappa shape index (κ2) is 12.9. The van der Waals surface area contributed by atoms with Crippen molar-refractivity contribution in [3.63, 3.8) is 0 Å². The van der Waals surface area contributed by atoms with Gasteiger partial charge in [-0.05, 0) is 32.2 Å². The molecular formula is C15H29ClN2O3. The van der Waals surface area contributed by atoms with E-state index in [4.69, 9.17) is 0 Å². The van der Waals surface area contributed by atoms with E-state index in [0.717, 1.165) is 64.6 Å². The van der Waals surface area contributed by atoms with Crippen LogP contribution in [0.4, 0.5) is 0 Å². The molecule has 2 N–H and O–H groups in total. The molecule has 0 radical (unpaired) electrons. The van der Waals surface area contributed by atoms with E-state index in [-0.39, 0.29) is 30.2 Å². The van der Waals surface area contributed by atoms with Gasteiger partial charge in [0.05, 0.1) is 13.0 Å². The van der Waals surface area contributed by atoms with Gasteiger partial charge >= 0.3 is 5.97 Å². The molecule has 1 atom stereocenters. The van der Waals surface area contributed by atoms with Crippen LogP contribution in [0.5, 0.6) is 0 Å². The lowest BCUT2D eigenvalue weighted by atomic mass is 9.99. The molecule has 1 aliphatic heterocycles. The van der Waals surface area contributed by atoms with Crippen molar-refractivity contribution >= 4 is 24.3 Å². The molecule has 0 saturated carbocycles. The van der Waals surface area contributed by atoms with Crippen LogP contribution in [0.3, 0.4) is 0 Å². The van der Waals surface area contributed by atoms with Crippen LogP contribution in [0.1, 0.15) is 51.4 Å². The molecule has 1 saturated heterocycles. The number of esters is 1. The largest absolute Gasteiger partial charge is 0.469 e. The van der Waals surface area contributed by atoms with Crippen LogP contribution in [-0.2, 0) is 14.3 Å². The first-order valence-electron chi connectivity index (χ1n) is 7.79. The molecule has 1 fully saturated rings. The highest BCUT2D eigenvalue weighted by molar-refractivity contribution is 5.85. The first-order chi connectivity index (χ1) is 9.74. The molecule has 6 heteroatoms. The van der Waals surface area contributed by atoms with E-state index in [1.165, 1.54) is 7.11 Å². The fourth-order valence-electron chi connectivity index (χ4n) is 2.46. The summed E-state index contributed by atoms with van der Waals surface area (Å²) < 4.78 is 4.59. The predicted molar refractivity (Wildman–Crippen MR) is 85.6 cm³/mol. The van der Waals surface area contributed by atoms with Crippen molar-refractivity contribution in [1.82, 2.24) is 10.6 Å². The van der Waals surface area contributed by atoms with Crippen LogP contribution in [0.15, 0.2) is 0 Å². The van der Waals surface area contributed by atoms with E-state index in [2.05, 4.69) is 15.4 Å². The van der Waals surface area contributed by atoms with Crippen molar-refractivity contribution in [1.29, 1.82) is 0 Å². The molecule has 0 bridgehead atoms.